The second-order valence-electron chi connectivity index (χ2n) is 7.31. The minimum Gasteiger partial charge on any atom is -0.368 e. The van der Waals surface area contributed by atoms with Crippen LogP contribution >= 0.6 is 23.4 Å². The van der Waals surface area contributed by atoms with Crippen molar-refractivity contribution < 1.29 is 9.59 Å². The zero-order valence-corrected chi connectivity index (χ0v) is 18.1. The highest BCUT2D eigenvalue weighted by molar-refractivity contribution is 8.18. The van der Waals surface area contributed by atoms with E-state index in [1.807, 2.05) is 18.2 Å². The molecule has 2 aliphatic rings. The molecule has 152 valence electrons. The topological polar surface area (TPSA) is 52.6 Å². The van der Waals surface area contributed by atoms with Crippen LogP contribution in [0.3, 0.4) is 0 Å². The Kier molecular flexibility index (Phi) is 7.43. The first-order chi connectivity index (χ1) is 13.5. The molecule has 2 amide bonds. The maximum absolute atomic E-state index is 12.0. The van der Waals surface area contributed by atoms with E-state index in [4.69, 9.17) is 11.6 Å². The van der Waals surface area contributed by atoms with Crippen molar-refractivity contribution in [2.45, 2.75) is 45.6 Å². The Morgan fingerprint density at radius 1 is 1.29 bits per heavy atom. The highest BCUT2D eigenvalue weighted by atomic mass is 35.5. The van der Waals surface area contributed by atoms with Gasteiger partial charge in [0.05, 0.1) is 15.6 Å². The van der Waals surface area contributed by atoms with Crippen molar-refractivity contribution in [3.8, 4) is 0 Å². The van der Waals surface area contributed by atoms with E-state index in [0.717, 1.165) is 68.5 Å². The average Bonchev–Trinajstić information content (AvgIpc) is 2.99. The molecule has 2 saturated heterocycles. The molecule has 0 unspecified atom stereocenters. The lowest BCUT2D eigenvalue weighted by Gasteiger charge is -2.41. The van der Waals surface area contributed by atoms with E-state index in [1.165, 1.54) is 6.42 Å². The van der Waals surface area contributed by atoms with Gasteiger partial charge >= 0.3 is 0 Å². The molecular formula is C21H28ClN3O2S. The number of para-hydroxylation sites is 1. The number of imide groups is 1. The number of rotatable bonds is 7. The summed E-state index contributed by atoms with van der Waals surface area (Å²) >= 11 is 7.54. The number of anilines is 1. The number of benzene rings is 1. The highest BCUT2D eigenvalue weighted by Gasteiger charge is 2.28. The first-order valence-electron chi connectivity index (χ1n) is 10.1. The highest BCUT2D eigenvalue weighted by Crippen LogP contribution is 2.36. The van der Waals surface area contributed by atoms with Gasteiger partial charge in [0.2, 0.25) is 0 Å². The Bertz CT molecular complexity index is 762. The van der Waals surface area contributed by atoms with E-state index < -0.39 is 0 Å². The number of carbonyl (C=O) groups is 2. The van der Waals surface area contributed by atoms with Gasteiger partial charge in [-0.05, 0) is 62.7 Å². The lowest BCUT2D eigenvalue weighted by Crippen LogP contribution is -2.48. The van der Waals surface area contributed by atoms with Crippen LogP contribution < -0.4 is 10.2 Å². The summed E-state index contributed by atoms with van der Waals surface area (Å²) in [5.41, 5.74) is 1.85. The molecule has 1 aromatic rings. The number of hydrogen-bond donors (Lipinski definition) is 1. The Hall–Kier alpha value is -1.50. The maximum Gasteiger partial charge on any atom is 0.290 e. The maximum atomic E-state index is 12.0. The second-order valence-corrected chi connectivity index (χ2v) is 8.73. The molecule has 2 fully saturated rings. The van der Waals surface area contributed by atoms with Crippen LogP contribution in [0.2, 0.25) is 5.02 Å². The summed E-state index contributed by atoms with van der Waals surface area (Å²) in [6.07, 6.45) is 6.40. The van der Waals surface area contributed by atoms with Crippen molar-refractivity contribution in [2.75, 3.05) is 31.1 Å². The molecule has 7 heteroatoms. The number of nitrogens with zero attached hydrogens (tertiary/aromatic N) is 2. The quantitative estimate of drug-likeness (QED) is 0.643. The van der Waals surface area contributed by atoms with Gasteiger partial charge in [-0.25, -0.2) is 0 Å². The van der Waals surface area contributed by atoms with Crippen molar-refractivity contribution in [3.63, 3.8) is 0 Å². The Morgan fingerprint density at radius 3 is 2.68 bits per heavy atom. The summed E-state index contributed by atoms with van der Waals surface area (Å²) < 4.78 is 0. The molecule has 5 nitrogen and oxygen atoms in total. The summed E-state index contributed by atoms with van der Waals surface area (Å²) in [5, 5.41) is 2.67. The van der Waals surface area contributed by atoms with Crippen molar-refractivity contribution in [2.24, 2.45) is 0 Å². The third-order valence-electron chi connectivity index (χ3n) is 5.20. The second kappa shape index (κ2) is 9.81. The van der Waals surface area contributed by atoms with Crippen molar-refractivity contribution >= 4 is 46.3 Å². The number of thioether (sulfide) groups is 1. The van der Waals surface area contributed by atoms with Gasteiger partial charge in [0.15, 0.2) is 0 Å². The van der Waals surface area contributed by atoms with Crippen LogP contribution in [0.4, 0.5) is 10.5 Å². The van der Waals surface area contributed by atoms with Crippen LogP contribution in [0.25, 0.3) is 6.08 Å². The Morgan fingerprint density at radius 2 is 2.04 bits per heavy atom. The van der Waals surface area contributed by atoms with Gasteiger partial charge in [-0.1, -0.05) is 37.6 Å². The van der Waals surface area contributed by atoms with Gasteiger partial charge in [-0.3, -0.25) is 19.8 Å². The molecule has 1 N–H and O–H groups in total. The fourth-order valence-electron chi connectivity index (χ4n) is 4.05. The molecule has 2 aliphatic heterocycles. The fourth-order valence-corrected chi connectivity index (χ4v) is 5.03. The molecule has 0 aliphatic carbocycles. The van der Waals surface area contributed by atoms with Crippen LogP contribution in [0.1, 0.15) is 45.1 Å². The van der Waals surface area contributed by atoms with Gasteiger partial charge in [-0.2, -0.15) is 0 Å². The molecule has 3 rings (SSSR count). The average molecular weight is 422 g/mol. The number of halogens is 1. The Labute approximate surface area is 176 Å². The zero-order chi connectivity index (χ0) is 20.1. The number of piperidine rings is 1. The van der Waals surface area contributed by atoms with E-state index in [-0.39, 0.29) is 11.1 Å². The fraction of sp³-hybridized carbons (Fsp3) is 0.524. The molecule has 2 heterocycles. The van der Waals surface area contributed by atoms with Crippen molar-refractivity contribution in [3.05, 3.63) is 33.7 Å². The van der Waals surface area contributed by atoms with Gasteiger partial charge < -0.3 is 4.90 Å². The Balaban J connectivity index is 1.87. The minimum absolute atomic E-state index is 0.326. The van der Waals surface area contributed by atoms with Crippen molar-refractivity contribution in [1.82, 2.24) is 10.2 Å². The molecule has 0 radical (unpaired) electrons. The molecule has 1 atom stereocenters. The number of nitrogens with one attached hydrogen (secondary N) is 1. The largest absolute Gasteiger partial charge is 0.368 e. The molecule has 1 aromatic carbocycles. The van der Waals surface area contributed by atoms with E-state index in [2.05, 4.69) is 29.0 Å². The molecule has 28 heavy (non-hydrogen) atoms. The van der Waals surface area contributed by atoms with Crippen LogP contribution in [0.5, 0.6) is 0 Å². The number of hydrogen-bond acceptors (Lipinski definition) is 5. The predicted molar refractivity (Wildman–Crippen MR) is 118 cm³/mol. The SMILES string of the molecule is CCCN(CCC)[C@@H]1CCCN(c2c(Cl)cccc2C=C2SC(=O)NC2=O)C1. The van der Waals surface area contributed by atoms with E-state index in [0.29, 0.717) is 16.0 Å². The summed E-state index contributed by atoms with van der Waals surface area (Å²) in [7, 11) is 0. The summed E-state index contributed by atoms with van der Waals surface area (Å²) in [4.78, 5) is 28.8. The molecule has 0 saturated carbocycles. The number of carbonyl (C=O) groups excluding carboxylic acids is 2. The van der Waals surface area contributed by atoms with Gasteiger partial charge in [0.1, 0.15) is 0 Å². The monoisotopic (exact) mass is 421 g/mol. The summed E-state index contributed by atoms with van der Waals surface area (Å²) in [5.74, 6) is -0.338. The van der Waals surface area contributed by atoms with E-state index in [9.17, 15) is 9.59 Å². The molecule has 0 spiro atoms. The zero-order valence-electron chi connectivity index (χ0n) is 16.5. The van der Waals surface area contributed by atoms with Gasteiger partial charge in [0, 0.05) is 24.7 Å². The van der Waals surface area contributed by atoms with E-state index in [1.54, 1.807) is 6.08 Å². The summed E-state index contributed by atoms with van der Waals surface area (Å²) in [6.45, 7) is 8.56. The van der Waals surface area contributed by atoms with Crippen LogP contribution in [-0.4, -0.2) is 48.3 Å². The first-order valence-corrected chi connectivity index (χ1v) is 11.2. The molecular weight excluding hydrogens is 394 g/mol. The van der Waals surface area contributed by atoms with Crippen LogP contribution in [-0.2, 0) is 4.79 Å². The van der Waals surface area contributed by atoms with Crippen LogP contribution in [0, 0.1) is 0 Å². The minimum atomic E-state index is -0.338. The standard InChI is InChI=1S/C21H28ClN3O2S/c1-3-10-24(11-4-2)16-8-6-12-25(14-16)19-15(7-5-9-17(19)22)13-18-20(26)23-21(27)28-18/h5,7,9,13,16H,3-4,6,8,10-12,14H2,1-2H3,(H,23,26,27)/t16-/m1/s1. The predicted octanol–water partition coefficient (Wildman–Crippen LogP) is 4.75. The lowest BCUT2D eigenvalue weighted by molar-refractivity contribution is -0.115. The first kappa shape index (κ1) is 21.2. The summed E-state index contributed by atoms with van der Waals surface area (Å²) in [6, 6.07) is 6.26. The van der Waals surface area contributed by atoms with Crippen LogP contribution in [0.15, 0.2) is 23.1 Å². The normalized spacial score (nSPS) is 21.6. The van der Waals surface area contributed by atoms with E-state index >= 15 is 0 Å². The molecule has 0 aromatic heterocycles. The van der Waals surface area contributed by atoms with Gasteiger partial charge in [-0.15, -0.1) is 0 Å². The molecule has 0 bridgehead atoms. The third kappa shape index (κ3) is 4.91. The van der Waals surface area contributed by atoms with Crippen molar-refractivity contribution in [1.29, 1.82) is 0 Å². The van der Waals surface area contributed by atoms with Gasteiger partial charge in [0.25, 0.3) is 11.1 Å². The third-order valence-corrected chi connectivity index (χ3v) is 6.31. The smallest absolute Gasteiger partial charge is 0.290 e. The lowest BCUT2D eigenvalue weighted by atomic mass is 10.0. The number of amides is 2.